The Balaban J connectivity index is 1.54. The van der Waals surface area contributed by atoms with Crippen LogP contribution in [0.25, 0.3) is 21.9 Å². The van der Waals surface area contributed by atoms with Gasteiger partial charge in [-0.15, -0.1) is 0 Å². The maximum atomic E-state index is 3.76. The Morgan fingerprint density at radius 1 is 0.800 bits per heavy atom. The Morgan fingerprint density at radius 2 is 1.57 bits per heavy atom. The van der Waals surface area contributed by atoms with Crippen molar-refractivity contribution in [3.05, 3.63) is 96.1 Å². The van der Waals surface area contributed by atoms with Crippen molar-refractivity contribution in [3.63, 3.8) is 0 Å². The molecule has 1 aliphatic heterocycles. The van der Waals surface area contributed by atoms with Crippen LogP contribution in [0.3, 0.4) is 0 Å². The van der Waals surface area contributed by atoms with Gasteiger partial charge >= 0.3 is 0 Å². The molecule has 0 aliphatic carbocycles. The largest absolute Gasteiger partial charge is 0.368 e. The number of nitrogens with one attached hydrogen (secondary N) is 3. The number of hydrogen-bond acceptors (Lipinski definition) is 4. The van der Waals surface area contributed by atoms with E-state index in [1.807, 2.05) is 25.9 Å². The molecule has 1 heterocycles. The van der Waals surface area contributed by atoms with E-state index >= 15 is 0 Å². The highest BCUT2D eigenvalue weighted by Gasteiger charge is 2.24. The summed E-state index contributed by atoms with van der Waals surface area (Å²) in [7, 11) is 3.94. The Labute approximate surface area is 181 Å². The third kappa shape index (κ3) is 3.47. The van der Waals surface area contributed by atoms with Crippen LogP contribution in [0.15, 0.2) is 89.8 Å². The van der Waals surface area contributed by atoms with Crippen LogP contribution in [0.4, 0.5) is 5.69 Å². The van der Waals surface area contributed by atoms with Crippen LogP contribution in [0, 0.1) is 0 Å². The Bertz CT molecular complexity index is 1190. The topological polar surface area (TPSA) is 36.1 Å². The number of thioether (sulfide) groups is 1. The molecule has 0 bridgehead atoms. The van der Waals surface area contributed by atoms with Gasteiger partial charge in [0, 0.05) is 10.3 Å². The van der Waals surface area contributed by atoms with E-state index in [-0.39, 0.29) is 11.5 Å². The van der Waals surface area contributed by atoms with Gasteiger partial charge in [0.25, 0.3) is 0 Å². The Hall–Kier alpha value is -2.79. The fraction of sp³-hybridized carbons (Fsp3) is 0.154. The van der Waals surface area contributed by atoms with Gasteiger partial charge in [0.05, 0.1) is 11.9 Å². The molecule has 30 heavy (non-hydrogen) atoms. The molecule has 5 rings (SSSR count). The first-order valence-electron chi connectivity index (χ1n) is 10.3. The van der Waals surface area contributed by atoms with Crippen molar-refractivity contribution in [1.82, 2.24) is 10.6 Å². The van der Waals surface area contributed by atoms with E-state index in [9.17, 15) is 0 Å². The second-order valence-corrected chi connectivity index (χ2v) is 8.71. The minimum atomic E-state index is 0.138. The first kappa shape index (κ1) is 19.2. The summed E-state index contributed by atoms with van der Waals surface area (Å²) >= 11 is 1.89. The van der Waals surface area contributed by atoms with E-state index in [1.165, 1.54) is 43.6 Å². The second-order valence-electron chi connectivity index (χ2n) is 7.56. The highest BCUT2D eigenvalue weighted by Crippen LogP contribution is 2.49. The number of benzene rings is 4. The summed E-state index contributed by atoms with van der Waals surface area (Å²) in [6.07, 6.45) is 0.138. The fourth-order valence-corrected chi connectivity index (χ4v) is 5.33. The SMILES string of the molecule is CNC(NC)c1cccc(-c2ccc3ccc4c(c3c2)NC(c2ccccc2)S4)c1. The van der Waals surface area contributed by atoms with Gasteiger partial charge in [-0.1, -0.05) is 78.5 Å². The molecule has 0 aromatic heterocycles. The molecule has 0 saturated carbocycles. The van der Waals surface area contributed by atoms with Crippen molar-refractivity contribution in [2.75, 3.05) is 19.4 Å². The average molecular weight is 412 g/mol. The van der Waals surface area contributed by atoms with Gasteiger partial charge in [-0.3, -0.25) is 0 Å². The lowest BCUT2D eigenvalue weighted by atomic mass is 9.98. The lowest BCUT2D eigenvalue weighted by Crippen LogP contribution is -2.28. The number of fused-ring (bicyclic) bond motifs is 3. The van der Waals surface area contributed by atoms with Gasteiger partial charge in [-0.05, 0) is 59.9 Å². The second kappa shape index (κ2) is 8.15. The summed E-state index contributed by atoms with van der Waals surface area (Å²) in [5.41, 5.74) is 6.24. The molecule has 4 aromatic rings. The van der Waals surface area contributed by atoms with Gasteiger partial charge in [-0.25, -0.2) is 0 Å². The highest BCUT2D eigenvalue weighted by atomic mass is 32.2. The normalized spacial score (nSPS) is 15.4. The minimum Gasteiger partial charge on any atom is -0.368 e. The molecule has 3 N–H and O–H groups in total. The van der Waals surface area contributed by atoms with E-state index in [4.69, 9.17) is 0 Å². The van der Waals surface area contributed by atoms with Gasteiger partial charge < -0.3 is 16.0 Å². The Kier molecular flexibility index (Phi) is 5.21. The van der Waals surface area contributed by atoms with Gasteiger partial charge in [-0.2, -0.15) is 0 Å². The molecule has 1 aliphatic rings. The van der Waals surface area contributed by atoms with E-state index in [1.54, 1.807) is 0 Å². The van der Waals surface area contributed by atoms with Gasteiger partial charge in [0.2, 0.25) is 0 Å². The van der Waals surface area contributed by atoms with Crippen LogP contribution in [-0.2, 0) is 0 Å². The van der Waals surface area contributed by atoms with Crippen molar-refractivity contribution in [2.45, 2.75) is 16.4 Å². The summed E-state index contributed by atoms with van der Waals surface area (Å²) in [5.74, 6) is 0. The Morgan fingerprint density at radius 3 is 2.37 bits per heavy atom. The van der Waals surface area contributed by atoms with Crippen molar-refractivity contribution in [3.8, 4) is 11.1 Å². The average Bonchev–Trinajstić information content (AvgIpc) is 3.25. The maximum Gasteiger partial charge on any atom is 0.103 e. The van der Waals surface area contributed by atoms with Gasteiger partial charge in [0.15, 0.2) is 0 Å². The molecule has 3 nitrogen and oxygen atoms in total. The van der Waals surface area contributed by atoms with Crippen LogP contribution < -0.4 is 16.0 Å². The van der Waals surface area contributed by atoms with E-state index in [0.29, 0.717) is 0 Å². The standard InChI is InChI=1S/C26H25N3S/c1-27-25(28-2)21-10-6-9-19(15-21)20-12-11-17-13-14-23-24(22(17)16-20)29-26(30-23)18-7-4-3-5-8-18/h3-16,25-29H,1-2H3. The summed E-state index contributed by atoms with van der Waals surface area (Å²) in [5, 5.41) is 13.2. The molecule has 0 fully saturated rings. The first-order chi connectivity index (χ1) is 14.8. The van der Waals surface area contributed by atoms with Crippen LogP contribution >= 0.6 is 11.8 Å². The first-order valence-corrected chi connectivity index (χ1v) is 11.1. The van der Waals surface area contributed by atoms with E-state index < -0.39 is 0 Å². The predicted octanol–water partition coefficient (Wildman–Crippen LogP) is 6.16. The summed E-state index contributed by atoms with van der Waals surface area (Å²) in [4.78, 5) is 1.31. The number of rotatable bonds is 5. The zero-order valence-corrected chi connectivity index (χ0v) is 18.0. The monoisotopic (exact) mass is 411 g/mol. The molecular formula is C26H25N3S. The van der Waals surface area contributed by atoms with Crippen molar-refractivity contribution in [2.24, 2.45) is 0 Å². The molecule has 4 aromatic carbocycles. The molecule has 4 heteroatoms. The fourth-order valence-electron chi connectivity index (χ4n) is 4.17. The smallest absolute Gasteiger partial charge is 0.103 e. The predicted molar refractivity (Wildman–Crippen MR) is 129 cm³/mol. The lowest BCUT2D eigenvalue weighted by molar-refractivity contribution is 0.520. The number of hydrogen-bond donors (Lipinski definition) is 3. The quantitative estimate of drug-likeness (QED) is 0.344. The zero-order chi connectivity index (χ0) is 20.5. The highest BCUT2D eigenvalue weighted by molar-refractivity contribution is 8.00. The van der Waals surface area contributed by atoms with Crippen LogP contribution in [0.5, 0.6) is 0 Å². The lowest BCUT2D eigenvalue weighted by Gasteiger charge is -2.17. The van der Waals surface area contributed by atoms with Crippen LogP contribution in [-0.4, -0.2) is 14.1 Å². The van der Waals surface area contributed by atoms with Gasteiger partial charge in [0.1, 0.15) is 5.37 Å². The molecule has 1 atom stereocenters. The molecular weight excluding hydrogens is 386 g/mol. The van der Waals surface area contributed by atoms with E-state index in [2.05, 4.69) is 101 Å². The molecule has 0 spiro atoms. The summed E-state index contributed by atoms with van der Waals surface area (Å²) in [6.45, 7) is 0. The van der Waals surface area contributed by atoms with Crippen LogP contribution in [0.2, 0.25) is 0 Å². The molecule has 0 radical (unpaired) electrons. The molecule has 0 saturated heterocycles. The van der Waals surface area contributed by atoms with Crippen molar-refractivity contribution >= 4 is 28.2 Å². The molecule has 1 unspecified atom stereocenters. The zero-order valence-electron chi connectivity index (χ0n) is 17.1. The number of anilines is 1. The molecule has 150 valence electrons. The van der Waals surface area contributed by atoms with Crippen LogP contribution in [0.1, 0.15) is 22.7 Å². The minimum absolute atomic E-state index is 0.138. The summed E-state index contributed by atoms with van der Waals surface area (Å²) in [6, 6.07) is 30.6. The summed E-state index contributed by atoms with van der Waals surface area (Å²) < 4.78 is 0. The van der Waals surface area contributed by atoms with Crippen molar-refractivity contribution < 1.29 is 0 Å². The maximum absolute atomic E-state index is 3.76. The van der Waals surface area contributed by atoms with E-state index in [0.717, 1.165) is 0 Å². The van der Waals surface area contributed by atoms with Crippen molar-refractivity contribution in [1.29, 1.82) is 0 Å². The molecule has 0 amide bonds. The third-order valence-corrected chi connectivity index (χ3v) is 6.96. The third-order valence-electron chi connectivity index (χ3n) is 5.74.